The van der Waals surface area contributed by atoms with Crippen LogP contribution in [-0.4, -0.2) is 13.2 Å². The summed E-state index contributed by atoms with van der Waals surface area (Å²) >= 11 is 0. The first-order valence-electron chi connectivity index (χ1n) is 6.35. The van der Waals surface area contributed by atoms with Gasteiger partial charge in [-0.3, -0.25) is 0 Å². The average Bonchev–Trinajstić information content (AvgIpc) is 2.22. The van der Waals surface area contributed by atoms with Crippen LogP contribution >= 0.6 is 0 Å². The van der Waals surface area contributed by atoms with Gasteiger partial charge in [0.15, 0.2) is 0 Å². The van der Waals surface area contributed by atoms with Gasteiger partial charge >= 0.3 is 0 Å². The second-order valence-electron chi connectivity index (χ2n) is 4.28. The second-order valence-corrected chi connectivity index (χ2v) is 4.28. The highest BCUT2D eigenvalue weighted by atomic mass is 16.6. The summed E-state index contributed by atoms with van der Waals surface area (Å²) in [6.45, 7) is 1.92. The lowest BCUT2D eigenvalue weighted by Gasteiger charge is -2.07. The van der Waals surface area contributed by atoms with Crippen molar-refractivity contribution >= 4 is 0 Å². The van der Waals surface area contributed by atoms with Gasteiger partial charge in [0.1, 0.15) is 0 Å². The SMILES string of the molecule is C1CCCCCCONCCCCC1. The molecule has 0 aromatic heterocycles. The minimum atomic E-state index is 0.889. The van der Waals surface area contributed by atoms with Gasteiger partial charge in [0.25, 0.3) is 0 Å². The van der Waals surface area contributed by atoms with Crippen LogP contribution in [0.15, 0.2) is 0 Å². The van der Waals surface area contributed by atoms with E-state index in [-0.39, 0.29) is 0 Å². The number of hydroxylamine groups is 1. The lowest BCUT2D eigenvalue weighted by Crippen LogP contribution is -2.16. The molecule has 0 aliphatic carbocycles. The predicted octanol–water partition coefficient (Wildman–Crippen LogP) is 3.42. The molecule has 0 unspecified atom stereocenters. The molecule has 1 N–H and O–H groups in total. The maximum atomic E-state index is 5.33. The summed E-state index contributed by atoms with van der Waals surface area (Å²) in [5.74, 6) is 0. The van der Waals surface area contributed by atoms with Gasteiger partial charge in [-0.2, -0.15) is 0 Å². The molecule has 0 aromatic rings. The summed E-state index contributed by atoms with van der Waals surface area (Å²) in [6, 6.07) is 0. The van der Waals surface area contributed by atoms with Crippen LogP contribution in [0.25, 0.3) is 0 Å². The zero-order valence-electron chi connectivity index (χ0n) is 9.39. The average molecular weight is 199 g/mol. The molecular weight excluding hydrogens is 174 g/mol. The van der Waals surface area contributed by atoms with Crippen LogP contribution in [0.1, 0.15) is 64.2 Å². The van der Waals surface area contributed by atoms with E-state index in [1.165, 1.54) is 64.2 Å². The highest BCUT2D eigenvalue weighted by Gasteiger charge is 1.95. The van der Waals surface area contributed by atoms with Crippen molar-refractivity contribution in [2.24, 2.45) is 0 Å². The zero-order chi connectivity index (χ0) is 9.90. The largest absolute Gasteiger partial charge is 0.302 e. The fraction of sp³-hybridized carbons (Fsp3) is 1.00. The minimum Gasteiger partial charge on any atom is -0.302 e. The van der Waals surface area contributed by atoms with Crippen molar-refractivity contribution in [1.82, 2.24) is 5.48 Å². The van der Waals surface area contributed by atoms with Gasteiger partial charge < -0.3 is 4.84 Å². The number of hydrogen-bond donors (Lipinski definition) is 1. The Morgan fingerprint density at radius 3 is 1.71 bits per heavy atom. The van der Waals surface area contributed by atoms with E-state index in [4.69, 9.17) is 4.84 Å². The van der Waals surface area contributed by atoms with Crippen molar-refractivity contribution < 1.29 is 4.84 Å². The van der Waals surface area contributed by atoms with E-state index in [1.54, 1.807) is 0 Å². The molecule has 0 spiro atoms. The second kappa shape index (κ2) is 9.47. The van der Waals surface area contributed by atoms with Crippen LogP contribution in [0.5, 0.6) is 0 Å². The Morgan fingerprint density at radius 2 is 1.07 bits per heavy atom. The van der Waals surface area contributed by atoms with Gasteiger partial charge in [-0.15, -0.1) is 0 Å². The summed E-state index contributed by atoms with van der Waals surface area (Å²) in [5, 5.41) is 0. The first kappa shape index (κ1) is 12.0. The van der Waals surface area contributed by atoms with Crippen molar-refractivity contribution in [3.63, 3.8) is 0 Å². The summed E-state index contributed by atoms with van der Waals surface area (Å²) < 4.78 is 0. The number of nitrogens with one attached hydrogen (secondary N) is 1. The molecule has 1 rings (SSSR count). The zero-order valence-corrected chi connectivity index (χ0v) is 9.39. The molecule has 0 radical (unpaired) electrons. The van der Waals surface area contributed by atoms with E-state index < -0.39 is 0 Å². The summed E-state index contributed by atoms with van der Waals surface area (Å²) in [5.41, 5.74) is 3.04. The van der Waals surface area contributed by atoms with Crippen LogP contribution in [0.2, 0.25) is 0 Å². The van der Waals surface area contributed by atoms with Gasteiger partial charge in [0.2, 0.25) is 0 Å². The number of hydrogen-bond acceptors (Lipinski definition) is 2. The van der Waals surface area contributed by atoms with E-state index in [9.17, 15) is 0 Å². The van der Waals surface area contributed by atoms with Crippen molar-refractivity contribution in [2.45, 2.75) is 64.2 Å². The molecule has 84 valence electrons. The Labute approximate surface area is 88.4 Å². The summed E-state index contributed by atoms with van der Waals surface area (Å²) in [7, 11) is 0. The molecule has 1 heterocycles. The molecule has 0 amide bonds. The normalized spacial score (nSPS) is 24.0. The molecule has 14 heavy (non-hydrogen) atoms. The third-order valence-electron chi connectivity index (χ3n) is 2.88. The van der Waals surface area contributed by atoms with E-state index in [0.29, 0.717) is 0 Å². The van der Waals surface area contributed by atoms with Crippen molar-refractivity contribution in [1.29, 1.82) is 0 Å². The number of rotatable bonds is 0. The predicted molar refractivity (Wildman–Crippen MR) is 60.1 cm³/mol. The standard InChI is InChI=1S/C12H25NO/c1-2-4-6-8-10-12-14-13-11-9-7-5-3-1/h13H,1-12H2. The van der Waals surface area contributed by atoms with Crippen LogP contribution in [-0.2, 0) is 4.84 Å². The molecule has 2 heteroatoms. The Balaban J connectivity index is 2.00. The van der Waals surface area contributed by atoms with Crippen molar-refractivity contribution in [2.75, 3.05) is 13.2 Å². The molecule has 1 aliphatic heterocycles. The summed E-state index contributed by atoms with van der Waals surface area (Å²) in [4.78, 5) is 5.33. The van der Waals surface area contributed by atoms with Gasteiger partial charge in [-0.25, -0.2) is 5.48 Å². The molecule has 1 fully saturated rings. The fourth-order valence-corrected chi connectivity index (χ4v) is 1.93. The summed E-state index contributed by atoms with van der Waals surface area (Å²) in [6.07, 6.45) is 13.7. The first-order chi connectivity index (χ1) is 7.00. The highest BCUT2D eigenvalue weighted by molar-refractivity contribution is 4.49. The molecular formula is C12H25NO. The topological polar surface area (TPSA) is 21.3 Å². The van der Waals surface area contributed by atoms with Crippen LogP contribution in [0.4, 0.5) is 0 Å². The monoisotopic (exact) mass is 199 g/mol. The minimum absolute atomic E-state index is 0.889. The van der Waals surface area contributed by atoms with E-state index in [0.717, 1.165) is 13.2 Å². The first-order valence-corrected chi connectivity index (χ1v) is 6.35. The fourth-order valence-electron chi connectivity index (χ4n) is 1.93. The Morgan fingerprint density at radius 1 is 0.571 bits per heavy atom. The maximum Gasteiger partial charge on any atom is 0.0682 e. The van der Waals surface area contributed by atoms with Gasteiger partial charge in [0.05, 0.1) is 6.61 Å². The molecule has 0 bridgehead atoms. The molecule has 1 aliphatic rings. The Bertz CT molecular complexity index is 63.6. The van der Waals surface area contributed by atoms with E-state index in [2.05, 4.69) is 5.48 Å². The van der Waals surface area contributed by atoms with E-state index >= 15 is 0 Å². The van der Waals surface area contributed by atoms with Gasteiger partial charge in [0, 0.05) is 6.54 Å². The molecule has 0 atom stereocenters. The van der Waals surface area contributed by atoms with Crippen molar-refractivity contribution in [3.8, 4) is 0 Å². The Kier molecular flexibility index (Phi) is 8.12. The van der Waals surface area contributed by atoms with Crippen LogP contribution in [0, 0.1) is 0 Å². The maximum absolute atomic E-state index is 5.33. The lowest BCUT2D eigenvalue weighted by atomic mass is 10.1. The molecule has 2 nitrogen and oxygen atoms in total. The van der Waals surface area contributed by atoms with Gasteiger partial charge in [-0.1, -0.05) is 51.4 Å². The third-order valence-corrected chi connectivity index (χ3v) is 2.88. The van der Waals surface area contributed by atoms with Crippen LogP contribution in [0.3, 0.4) is 0 Å². The van der Waals surface area contributed by atoms with Crippen molar-refractivity contribution in [3.05, 3.63) is 0 Å². The molecule has 1 saturated heterocycles. The Hall–Kier alpha value is -0.0800. The highest BCUT2D eigenvalue weighted by Crippen LogP contribution is 2.10. The van der Waals surface area contributed by atoms with Crippen LogP contribution < -0.4 is 5.48 Å². The van der Waals surface area contributed by atoms with Gasteiger partial charge in [-0.05, 0) is 12.8 Å². The lowest BCUT2D eigenvalue weighted by molar-refractivity contribution is 0.0375. The quantitative estimate of drug-likeness (QED) is 0.645. The molecule has 0 saturated carbocycles. The van der Waals surface area contributed by atoms with E-state index in [1.807, 2.05) is 0 Å². The molecule has 0 aromatic carbocycles. The smallest absolute Gasteiger partial charge is 0.0682 e. The third kappa shape index (κ3) is 7.34.